The summed E-state index contributed by atoms with van der Waals surface area (Å²) in [6, 6.07) is 9.10. The maximum Gasteiger partial charge on any atom is 0.247 e. The monoisotopic (exact) mass is 214 g/mol. The van der Waals surface area contributed by atoms with Crippen LogP contribution in [0, 0.1) is 0 Å². The standard InChI is InChI=1S/C12H10N2O2/c1-2-12(15)13-10-5-3-4-9(8-10)11-6-7-16-14-11/h2-8H,1H2,(H,13,15). The van der Waals surface area contributed by atoms with Gasteiger partial charge in [-0.1, -0.05) is 23.9 Å². The van der Waals surface area contributed by atoms with Gasteiger partial charge in [0.1, 0.15) is 12.0 Å². The second-order valence-corrected chi connectivity index (χ2v) is 3.16. The largest absolute Gasteiger partial charge is 0.364 e. The first-order valence-electron chi connectivity index (χ1n) is 4.74. The van der Waals surface area contributed by atoms with Crippen molar-refractivity contribution >= 4 is 11.6 Å². The average molecular weight is 214 g/mol. The van der Waals surface area contributed by atoms with E-state index >= 15 is 0 Å². The molecule has 0 atom stereocenters. The third kappa shape index (κ3) is 2.17. The third-order valence-corrected chi connectivity index (χ3v) is 2.05. The van der Waals surface area contributed by atoms with E-state index in [2.05, 4.69) is 17.1 Å². The molecule has 4 heteroatoms. The van der Waals surface area contributed by atoms with Crippen LogP contribution in [0.4, 0.5) is 5.69 Å². The number of carbonyl (C=O) groups is 1. The molecule has 0 aliphatic rings. The Kier molecular flexibility index (Phi) is 2.82. The zero-order valence-corrected chi connectivity index (χ0v) is 8.51. The molecule has 0 aliphatic carbocycles. The number of hydrogen-bond acceptors (Lipinski definition) is 3. The molecular formula is C12H10N2O2. The fraction of sp³-hybridized carbons (Fsp3) is 0. The summed E-state index contributed by atoms with van der Waals surface area (Å²) in [6.07, 6.45) is 2.73. The molecule has 0 unspecified atom stereocenters. The van der Waals surface area contributed by atoms with E-state index in [0.717, 1.165) is 11.3 Å². The van der Waals surface area contributed by atoms with Crippen LogP contribution in [0.2, 0.25) is 0 Å². The van der Waals surface area contributed by atoms with Crippen LogP contribution in [-0.2, 0) is 4.79 Å². The van der Waals surface area contributed by atoms with Crippen molar-refractivity contribution < 1.29 is 9.32 Å². The minimum absolute atomic E-state index is 0.239. The van der Waals surface area contributed by atoms with Gasteiger partial charge >= 0.3 is 0 Å². The van der Waals surface area contributed by atoms with E-state index in [9.17, 15) is 4.79 Å². The summed E-state index contributed by atoms with van der Waals surface area (Å²) in [5.74, 6) is -0.239. The second-order valence-electron chi connectivity index (χ2n) is 3.16. The van der Waals surface area contributed by atoms with Gasteiger partial charge in [0, 0.05) is 17.3 Å². The molecule has 0 saturated heterocycles. The Bertz CT molecular complexity index is 503. The molecule has 0 saturated carbocycles. The van der Waals surface area contributed by atoms with E-state index < -0.39 is 0 Å². The fourth-order valence-electron chi connectivity index (χ4n) is 1.31. The van der Waals surface area contributed by atoms with Crippen molar-refractivity contribution in [1.82, 2.24) is 5.16 Å². The number of nitrogens with one attached hydrogen (secondary N) is 1. The van der Waals surface area contributed by atoms with Gasteiger partial charge in [0.05, 0.1) is 0 Å². The van der Waals surface area contributed by atoms with Gasteiger partial charge in [0.25, 0.3) is 0 Å². The van der Waals surface area contributed by atoms with Crippen molar-refractivity contribution in [2.45, 2.75) is 0 Å². The van der Waals surface area contributed by atoms with Crippen molar-refractivity contribution in [3.05, 3.63) is 49.2 Å². The van der Waals surface area contributed by atoms with Gasteiger partial charge in [-0.25, -0.2) is 0 Å². The summed E-state index contributed by atoms with van der Waals surface area (Å²) in [5, 5.41) is 6.50. The first-order chi connectivity index (χ1) is 7.79. The summed E-state index contributed by atoms with van der Waals surface area (Å²) in [5.41, 5.74) is 2.32. The Balaban J connectivity index is 2.26. The van der Waals surface area contributed by atoms with Gasteiger partial charge in [0.2, 0.25) is 5.91 Å². The lowest BCUT2D eigenvalue weighted by atomic mass is 10.1. The Hall–Kier alpha value is -2.36. The number of hydrogen-bond donors (Lipinski definition) is 1. The third-order valence-electron chi connectivity index (χ3n) is 2.05. The van der Waals surface area contributed by atoms with Crippen molar-refractivity contribution in [1.29, 1.82) is 0 Å². The Morgan fingerprint density at radius 3 is 3.00 bits per heavy atom. The molecule has 80 valence electrons. The number of amides is 1. The van der Waals surface area contributed by atoms with Crippen LogP contribution in [0.3, 0.4) is 0 Å². The fourth-order valence-corrected chi connectivity index (χ4v) is 1.31. The quantitative estimate of drug-likeness (QED) is 0.798. The van der Waals surface area contributed by atoms with Crippen LogP contribution >= 0.6 is 0 Å². The van der Waals surface area contributed by atoms with Crippen molar-refractivity contribution in [3.8, 4) is 11.3 Å². The number of anilines is 1. The number of carbonyl (C=O) groups excluding carboxylic acids is 1. The average Bonchev–Trinajstić information content (AvgIpc) is 2.83. The summed E-state index contributed by atoms with van der Waals surface area (Å²) in [6.45, 7) is 3.39. The zero-order valence-electron chi connectivity index (χ0n) is 8.51. The Morgan fingerprint density at radius 2 is 2.31 bits per heavy atom. The van der Waals surface area contributed by atoms with E-state index in [4.69, 9.17) is 4.52 Å². The van der Waals surface area contributed by atoms with Gasteiger partial charge in [0.15, 0.2) is 0 Å². The highest BCUT2D eigenvalue weighted by molar-refractivity contribution is 5.99. The highest BCUT2D eigenvalue weighted by Crippen LogP contribution is 2.20. The van der Waals surface area contributed by atoms with Gasteiger partial charge in [-0.2, -0.15) is 0 Å². The highest BCUT2D eigenvalue weighted by Gasteiger charge is 2.03. The van der Waals surface area contributed by atoms with Gasteiger partial charge in [-0.3, -0.25) is 4.79 Å². The van der Waals surface area contributed by atoms with Crippen LogP contribution in [0.5, 0.6) is 0 Å². The molecular weight excluding hydrogens is 204 g/mol. The molecule has 4 nitrogen and oxygen atoms in total. The van der Waals surface area contributed by atoms with Gasteiger partial charge in [-0.05, 0) is 18.2 Å². The van der Waals surface area contributed by atoms with Gasteiger partial charge in [-0.15, -0.1) is 0 Å². The van der Waals surface area contributed by atoms with E-state index in [-0.39, 0.29) is 5.91 Å². The molecule has 0 aliphatic heterocycles. The molecule has 1 N–H and O–H groups in total. The van der Waals surface area contributed by atoms with E-state index in [0.29, 0.717) is 5.69 Å². The number of benzene rings is 1. The molecule has 0 radical (unpaired) electrons. The molecule has 0 fully saturated rings. The van der Waals surface area contributed by atoms with Crippen molar-refractivity contribution in [2.75, 3.05) is 5.32 Å². The lowest BCUT2D eigenvalue weighted by Gasteiger charge is -2.03. The van der Waals surface area contributed by atoms with Crippen LogP contribution in [-0.4, -0.2) is 11.1 Å². The normalized spacial score (nSPS) is 9.75. The van der Waals surface area contributed by atoms with E-state index in [1.807, 2.05) is 18.2 Å². The molecule has 2 aromatic rings. The van der Waals surface area contributed by atoms with Gasteiger partial charge < -0.3 is 9.84 Å². The van der Waals surface area contributed by atoms with E-state index in [1.54, 1.807) is 12.1 Å². The summed E-state index contributed by atoms with van der Waals surface area (Å²) in [4.78, 5) is 11.1. The Morgan fingerprint density at radius 1 is 1.44 bits per heavy atom. The zero-order chi connectivity index (χ0) is 11.4. The first kappa shape index (κ1) is 10.2. The topological polar surface area (TPSA) is 55.1 Å². The SMILES string of the molecule is C=CC(=O)Nc1cccc(-c2ccon2)c1. The second kappa shape index (κ2) is 4.44. The minimum atomic E-state index is -0.239. The molecule has 1 aromatic heterocycles. The highest BCUT2D eigenvalue weighted by atomic mass is 16.5. The lowest BCUT2D eigenvalue weighted by Crippen LogP contribution is -2.06. The van der Waals surface area contributed by atoms with Crippen molar-refractivity contribution in [2.24, 2.45) is 0 Å². The predicted molar refractivity (Wildman–Crippen MR) is 60.8 cm³/mol. The lowest BCUT2D eigenvalue weighted by molar-refractivity contribution is -0.111. The summed E-state index contributed by atoms with van der Waals surface area (Å²) < 4.78 is 4.76. The molecule has 1 heterocycles. The minimum Gasteiger partial charge on any atom is -0.364 e. The smallest absolute Gasteiger partial charge is 0.247 e. The predicted octanol–water partition coefficient (Wildman–Crippen LogP) is 2.47. The molecule has 1 amide bonds. The van der Waals surface area contributed by atoms with E-state index in [1.165, 1.54) is 12.3 Å². The summed E-state index contributed by atoms with van der Waals surface area (Å²) >= 11 is 0. The number of nitrogens with zero attached hydrogens (tertiary/aromatic N) is 1. The van der Waals surface area contributed by atoms with Crippen LogP contribution in [0.25, 0.3) is 11.3 Å². The maximum absolute atomic E-state index is 11.1. The number of rotatable bonds is 3. The molecule has 1 aromatic carbocycles. The summed E-state index contributed by atoms with van der Waals surface area (Å²) in [7, 11) is 0. The number of aromatic nitrogens is 1. The molecule has 2 rings (SSSR count). The maximum atomic E-state index is 11.1. The van der Waals surface area contributed by atoms with Crippen LogP contribution in [0.15, 0.2) is 53.8 Å². The van der Waals surface area contributed by atoms with Crippen LogP contribution in [0.1, 0.15) is 0 Å². The van der Waals surface area contributed by atoms with Crippen molar-refractivity contribution in [3.63, 3.8) is 0 Å². The Labute approximate surface area is 92.6 Å². The molecule has 0 bridgehead atoms. The molecule has 16 heavy (non-hydrogen) atoms. The molecule has 0 spiro atoms. The first-order valence-corrected chi connectivity index (χ1v) is 4.74. The van der Waals surface area contributed by atoms with Crippen LogP contribution < -0.4 is 5.32 Å².